The number of halogens is 2. The summed E-state index contributed by atoms with van der Waals surface area (Å²) in [4.78, 5) is 5.24. The van der Waals surface area contributed by atoms with E-state index in [1.165, 1.54) is 5.06 Å². The lowest BCUT2D eigenvalue weighted by Gasteiger charge is -2.20. The maximum Gasteiger partial charge on any atom is 0.280 e. The van der Waals surface area contributed by atoms with Gasteiger partial charge in [-0.15, -0.1) is 0 Å². The third kappa shape index (κ3) is 5.59. The molecule has 2 heterocycles. The highest BCUT2D eigenvalue weighted by Gasteiger charge is 2.31. The van der Waals surface area contributed by atoms with Crippen molar-refractivity contribution in [1.29, 1.82) is 0 Å². The van der Waals surface area contributed by atoms with Gasteiger partial charge in [-0.25, -0.2) is 18.7 Å². The van der Waals surface area contributed by atoms with E-state index in [9.17, 15) is 8.78 Å². The number of methoxy groups -OCH3 is 1. The molecule has 29 heavy (non-hydrogen) atoms. The Morgan fingerprint density at radius 3 is 2.48 bits per heavy atom. The minimum Gasteiger partial charge on any atom is -0.493 e. The molecular weight excluding hydrogens is 382 g/mol. The highest BCUT2D eigenvalue weighted by atomic mass is 19.3. The van der Waals surface area contributed by atoms with E-state index < -0.39 is 12.7 Å². The van der Waals surface area contributed by atoms with Crippen molar-refractivity contribution in [2.24, 2.45) is 0 Å². The number of aromatic nitrogens is 2. The minimum absolute atomic E-state index is 0.207. The monoisotopic (exact) mass is 408 g/mol. The van der Waals surface area contributed by atoms with E-state index in [-0.39, 0.29) is 6.67 Å². The van der Waals surface area contributed by atoms with Gasteiger partial charge in [-0.1, -0.05) is 0 Å². The zero-order valence-corrected chi connectivity index (χ0v) is 16.8. The molecule has 1 N–H and O–H groups in total. The Bertz CT molecular complexity index is 782. The molecule has 0 bridgehead atoms. The first kappa shape index (κ1) is 21.4. The third-order valence-corrected chi connectivity index (χ3v) is 4.53. The van der Waals surface area contributed by atoms with Gasteiger partial charge in [0.15, 0.2) is 6.23 Å². The van der Waals surface area contributed by atoms with Crippen LogP contribution < -0.4 is 15.1 Å². The van der Waals surface area contributed by atoms with Gasteiger partial charge in [-0.2, -0.15) is 10.2 Å². The molecule has 1 aliphatic rings. The summed E-state index contributed by atoms with van der Waals surface area (Å²) in [7, 11) is 1.62. The summed E-state index contributed by atoms with van der Waals surface area (Å²) < 4.78 is 36.5. The summed E-state index contributed by atoms with van der Waals surface area (Å²) in [6, 6.07) is 7.60. The first-order valence-corrected chi connectivity index (χ1v) is 9.48. The minimum atomic E-state index is -2.58. The highest BCUT2D eigenvalue weighted by molar-refractivity contribution is 5.55. The summed E-state index contributed by atoms with van der Waals surface area (Å²) in [5.41, 5.74) is 4.27. The van der Waals surface area contributed by atoms with E-state index in [4.69, 9.17) is 14.3 Å². The lowest BCUT2D eigenvalue weighted by Crippen LogP contribution is -2.29. The predicted molar refractivity (Wildman–Crippen MR) is 104 cm³/mol. The number of alkyl halides is 2. The van der Waals surface area contributed by atoms with E-state index in [0.29, 0.717) is 13.2 Å². The zero-order chi connectivity index (χ0) is 20.8. The number of hydroxylamine groups is 1. The van der Waals surface area contributed by atoms with E-state index in [1.54, 1.807) is 7.11 Å². The summed E-state index contributed by atoms with van der Waals surface area (Å²) >= 11 is 0. The molecule has 1 aromatic heterocycles. The van der Waals surface area contributed by atoms with Crippen molar-refractivity contribution in [2.45, 2.75) is 45.9 Å². The first-order valence-electron chi connectivity index (χ1n) is 9.48. The van der Waals surface area contributed by atoms with Gasteiger partial charge in [0.25, 0.3) is 6.43 Å². The smallest absolute Gasteiger partial charge is 0.280 e. The van der Waals surface area contributed by atoms with E-state index >= 15 is 0 Å². The fourth-order valence-electron chi connectivity index (χ4n) is 3.14. The number of rotatable bonds is 9. The molecule has 0 amide bonds. The summed E-state index contributed by atoms with van der Waals surface area (Å²) in [5.74, 6) is 0.799. The second-order valence-corrected chi connectivity index (χ2v) is 6.91. The van der Waals surface area contributed by atoms with Crippen molar-refractivity contribution in [2.75, 3.05) is 25.4 Å². The lowest BCUT2D eigenvalue weighted by molar-refractivity contribution is -0.0409. The Kier molecular flexibility index (Phi) is 7.29. The quantitative estimate of drug-likeness (QED) is 0.640. The maximum absolute atomic E-state index is 12.8. The average Bonchev–Trinajstić information content (AvgIpc) is 3.19. The van der Waals surface area contributed by atoms with Gasteiger partial charge in [0.05, 0.1) is 37.0 Å². The fraction of sp³-hybridized carbons (Fsp3) is 0.500. The van der Waals surface area contributed by atoms with Crippen molar-refractivity contribution in [3.8, 4) is 5.75 Å². The number of anilines is 1. The Morgan fingerprint density at radius 2 is 1.90 bits per heavy atom. The summed E-state index contributed by atoms with van der Waals surface area (Å²) in [5, 5.41) is 12.4. The Balaban J connectivity index is 1.52. The second kappa shape index (κ2) is 9.91. The normalized spacial score (nSPS) is 16.6. The Labute approximate surface area is 168 Å². The predicted octanol–water partition coefficient (Wildman–Crippen LogP) is 3.14. The topological polar surface area (TPSA) is 68.7 Å². The molecule has 1 fully saturated rings. The third-order valence-electron chi connectivity index (χ3n) is 4.53. The number of ether oxygens (including phenoxy) is 2. The molecule has 3 rings (SSSR count). The van der Waals surface area contributed by atoms with Gasteiger partial charge in [0.2, 0.25) is 0 Å². The van der Waals surface area contributed by atoms with Crippen molar-refractivity contribution < 1.29 is 23.1 Å². The van der Waals surface area contributed by atoms with E-state index in [0.717, 1.165) is 46.8 Å². The van der Waals surface area contributed by atoms with Crippen LogP contribution >= 0.6 is 0 Å². The van der Waals surface area contributed by atoms with Gasteiger partial charge < -0.3 is 9.47 Å². The molecule has 1 saturated heterocycles. The van der Waals surface area contributed by atoms with Crippen LogP contribution in [-0.2, 0) is 22.6 Å². The van der Waals surface area contributed by atoms with E-state index in [2.05, 4.69) is 15.5 Å². The number of aryl methyl sites for hydroxylation is 3. The fourth-order valence-corrected chi connectivity index (χ4v) is 3.14. The number of hydrogen-bond donors (Lipinski definition) is 1. The molecule has 0 radical (unpaired) electrons. The summed E-state index contributed by atoms with van der Waals surface area (Å²) in [6.45, 7) is 5.06. The van der Waals surface area contributed by atoms with Crippen LogP contribution in [0, 0.1) is 13.8 Å². The number of nitrogens with zero attached hydrogens (tertiary/aromatic N) is 3. The molecule has 0 saturated carbocycles. The molecule has 7 nitrogen and oxygen atoms in total. The number of nitrogens with one attached hydrogen (secondary N) is 1. The van der Waals surface area contributed by atoms with Gasteiger partial charge in [-0.05, 0) is 62.1 Å². The molecule has 1 atom stereocenters. The Hall–Kier alpha value is -2.36. The Morgan fingerprint density at radius 1 is 1.21 bits per heavy atom. The molecule has 1 aliphatic heterocycles. The molecule has 0 aliphatic carbocycles. The largest absolute Gasteiger partial charge is 0.493 e. The van der Waals surface area contributed by atoms with Gasteiger partial charge in [0.1, 0.15) is 5.75 Å². The van der Waals surface area contributed by atoms with Crippen molar-refractivity contribution >= 4 is 5.69 Å². The van der Waals surface area contributed by atoms with Crippen molar-refractivity contribution in [1.82, 2.24) is 15.5 Å². The molecular formula is C20H26F2N4O3. The van der Waals surface area contributed by atoms with Crippen LogP contribution in [0.3, 0.4) is 0 Å². The molecule has 9 heteroatoms. The average molecular weight is 408 g/mol. The SMILES string of the molecule is COCc1ccc(CCCOc2c(C)cc(N3CNC(C(F)F)O3)cc2C)nn1. The maximum atomic E-state index is 12.8. The van der Waals surface area contributed by atoms with Crippen LogP contribution in [-0.4, -0.2) is 43.2 Å². The van der Waals surface area contributed by atoms with Crippen molar-refractivity contribution in [3.05, 3.63) is 46.8 Å². The molecule has 158 valence electrons. The zero-order valence-electron chi connectivity index (χ0n) is 16.8. The van der Waals surface area contributed by atoms with Crippen LogP contribution in [0.1, 0.15) is 28.9 Å². The van der Waals surface area contributed by atoms with E-state index in [1.807, 2.05) is 38.1 Å². The number of hydrogen-bond acceptors (Lipinski definition) is 7. The second-order valence-electron chi connectivity index (χ2n) is 6.91. The number of benzene rings is 1. The first-order chi connectivity index (χ1) is 14.0. The van der Waals surface area contributed by atoms with Crippen LogP contribution in [0.25, 0.3) is 0 Å². The van der Waals surface area contributed by atoms with Crippen LogP contribution in [0.4, 0.5) is 14.5 Å². The van der Waals surface area contributed by atoms with Crippen molar-refractivity contribution in [3.63, 3.8) is 0 Å². The summed E-state index contributed by atoms with van der Waals surface area (Å²) in [6.07, 6.45) is -2.30. The van der Waals surface area contributed by atoms with Gasteiger partial charge >= 0.3 is 0 Å². The molecule has 1 unspecified atom stereocenters. The van der Waals surface area contributed by atoms with Gasteiger partial charge in [-0.3, -0.25) is 5.32 Å². The highest BCUT2D eigenvalue weighted by Crippen LogP contribution is 2.31. The molecule has 2 aromatic rings. The standard InChI is InChI=1S/C20H26F2N4O3/c1-13-9-17(26-12-23-20(29-26)19(21)22)10-14(2)18(13)28-8-4-5-15-6-7-16(11-27-3)25-24-15/h6-7,9-10,19-20,23H,4-5,8,11-12H2,1-3H3. The van der Waals surface area contributed by atoms with Crippen LogP contribution in [0.15, 0.2) is 24.3 Å². The van der Waals surface area contributed by atoms with Crippen LogP contribution in [0.2, 0.25) is 0 Å². The molecule has 0 spiro atoms. The lowest BCUT2D eigenvalue weighted by atomic mass is 10.1. The van der Waals surface area contributed by atoms with Gasteiger partial charge in [0, 0.05) is 7.11 Å². The van der Waals surface area contributed by atoms with Crippen LogP contribution in [0.5, 0.6) is 5.75 Å². The molecule has 1 aromatic carbocycles.